The van der Waals surface area contributed by atoms with E-state index < -0.39 is 0 Å². The molecule has 1 aliphatic rings. The van der Waals surface area contributed by atoms with E-state index in [9.17, 15) is 0 Å². The third-order valence-electron chi connectivity index (χ3n) is 3.58. The summed E-state index contributed by atoms with van der Waals surface area (Å²) in [6.07, 6.45) is 4.99. The molecule has 1 saturated carbocycles. The first-order valence-electron chi connectivity index (χ1n) is 6.46. The lowest BCUT2D eigenvalue weighted by Gasteiger charge is -2.40. The summed E-state index contributed by atoms with van der Waals surface area (Å²) in [5, 5.41) is 0. The zero-order chi connectivity index (χ0) is 11.5. The zero-order valence-electron chi connectivity index (χ0n) is 10.9. The van der Waals surface area contributed by atoms with E-state index in [-0.39, 0.29) is 5.54 Å². The van der Waals surface area contributed by atoms with Crippen LogP contribution in [0.5, 0.6) is 0 Å². The second-order valence-electron chi connectivity index (χ2n) is 5.95. The maximum Gasteiger partial charge on any atom is 0.0166 e. The Labute approximate surface area is 95.2 Å². The molecule has 90 valence electrons. The van der Waals surface area contributed by atoms with E-state index in [0.29, 0.717) is 6.04 Å². The normalized spacial score (nSPS) is 20.0. The van der Waals surface area contributed by atoms with E-state index in [1.54, 1.807) is 0 Å². The van der Waals surface area contributed by atoms with Crippen LogP contribution in [-0.2, 0) is 0 Å². The first-order valence-corrected chi connectivity index (χ1v) is 6.46. The topological polar surface area (TPSA) is 29.3 Å². The van der Waals surface area contributed by atoms with Gasteiger partial charge in [0.1, 0.15) is 0 Å². The molecular weight excluding hydrogens is 184 g/mol. The van der Waals surface area contributed by atoms with Gasteiger partial charge in [0.15, 0.2) is 0 Å². The molecule has 0 aromatic heterocycles. The van der Waals surface area contributed by atoms with Gasteiger partial charge >= 0.3 is 0 Å². The molecule has 0 amide bonds. The summed E-state index contributed by atoms with van der Waals surface area (Å²) in [7, 11) is 0. The van der Waals surface area contributed by atoms with Crippen LogP contribution in [0.15, 0.2) is 0 Å². The molecular formula is C13H28N2. The van der Waals surface area contributed by atoms with Crippen LogP contribution >= 0.6 is 0 Å². The average Bonchev–Trinajstić information content (AvgIpc) is 2.08. The lowest BCUT2D eigenvalue weighted by molar-refractivity contribution is 0.148. The second-order valence-corrected chi connectivity index (χ2v) is 5.95. The van der Waals surface area contributed by atoms with E-state index in [2.05, 4.69) is 32.6 Å². The Morgan fingerprint density at radius 2 is 1.80 bits per heavy atom. The van der Waals surface area contributed by atoms with Crippen molar-refractivity contribution in [2.45, 2.75) is 65.0 Å². The monoisotopic (exact) mass is 212 g/mol. The van der Waals surface area contributed by atoms with Gasteiger partial charge in [0.25, 0.3) is 0 Å². The molecule has 1 fully saturated rings. The van der Waals surface area contributed by atoms with Crippen molar-refractivity contribution >= 4 is 0 Å². The van der Waals surface area contributed by atoms with E-state index >= 15 is 0 Å². The van der Waals surface area contributed by atoms with Crippen molar-refractivity contribution in [3.63, 3.8) is 0 Å². The highest BCUT2D eigenvalue weighted by atomic mass is 15.1. The quantitative estimate of drug-likeness (QED) is 0.733. The minimum Gasteiger partial charge on any atom is -0.325 e. The van der Waals surface area contributed by atoms with E-state index in [1.165, 1.54) is 38.8 Å². The highest BCUT2D eigenvalue weighted by molar-refractivity contribution is 4.93. The number of rotatable bonds is 6. The van der Waals surface area contributed by atoms with Crippen molar-refractivity contribution in [3.8, 4) is 0 Å². The third-order valence-corrected chi connectivity index (χ3v) is 3.58. The minimum atomic E-state index is 0.185. The predicted molar refractivity (Wildman–Crippen MR) is 66.9 cm³/mol. The first kappa shape index (κ1) is 13.0. The Balaban J connectivity index is 2.31. The predicted octanol–water partition coefficient (Wildman–Crippen LogP) is 2.62. The van der Waals surface area contributed by atoms with Crippen molar-refractivity contribution in [1.29, 1.82) is 0 Å². The molecule has 0 unspecified atom stereocenters. The Kier molecular flexibility index (Phi) is 4.60. The SMILES string of the molecule is CC(C)CN(CCC1(N)CCC1)C(C)C. The van der Waals surface area contributed by atoms with Crippen molar-refractivity contribution < 1.29 is 0 Å². The molecule has 15 heavy (non-hydrogen) atoms. The third kappa shape index (κ3) is 4.12. The molecule has 0 heterocycles. The van der Waals surface area contributed by atoms with Crippen LogP contribution in [0.4, 0.5) is 0 Å². The van der Waals surface area contributed by atoms with Crippen molar-refractivity contribution in [3.05, 3.63) is 0 Å². The Hall–Kier alpha value is -0.0800. The molecule has 2 N–H and O–H groups in total. The van der Waals surface area contributed by atoms with Crippen LogP contribution in [0.1, 0.15) is 53.4 Å². The number of hydrogen-bond donors (Lipinski definition) is 1. The van der Waals surface area contributed by atoms with Gasteiger partial charge in [0.05, 0.1) is 0 Å². The summed E-state index contributed by atoms with van der Waals surface area (Å²) < 4.78 is 0. The van der Waals surface area contributed by atoms with Crippen molar-refractivity contribution in [1.82, 2.24) is 4.90 Å². The summed E-state index contributed by atoms with van der Waals surface area (Å²) in [5.41, 5.74) is 6.44. The summed E-state index contributed by atoms with van der Waals surface area (Å²) in [6, 6.07) is 0.649. The number of hydrogen-bond acceptors (Lipinski definition) is 2. The van der Waals surface area contributed by atoms with Gasteiger partial charge in [-0.25, -0.2) is 0 Å². The Bertz CT molecular complexity index is 183. The van der Waals surface area contributed by atoms with Gasteiger partial charge in [0, 0.05) is 24.7 Å². The molecule has 1 aliphatic carbocycles. The summed E-state index contributed by atoms with van der Waals surface area (Å²) >= 11 is 0. The molecule has 0 radical (unpaired) electrons. The lowest BCUT2D eigenvalue weighted by atomic mass is 9.75. The Morgan fingerprint density at radius 1 is 1.20 bits per heavy atom. The van der Waals surface area contributed by atoms with E-state index in [1.807, 2.05) is 0 Å². The van der Waals surface area contributed by atoms with Gasteiger partial charge in [-0.05, 0) is 45.4 Å². The lowest BCUT2D eigenvalue weighted by Crippen LogP contribution is -2.49. The minimum absolute atomic E-state index is 0.185. The van der Waals surface area contributed by atoms with Crippen LogP contribution in [0.3, 0.4) is 0 Å². The second kappa shape index (κ2) is 5.31. The Morgan fingerprint density at radius 3 is 2.13 bits per heavy atom. The summed E-state index contributed by atoms with van der Waals surface area (Å²) in [5.74, 6) is 0.752. The zero-order valence-corrected chi connectivity index (χ0v) is 10.9. The number of nitrogens with zero attached hydrogens (tertiary/aromatic N) is 1. The largest absolute Gasteiger partial charge is 0.325 e. The van der Waals surface area contributed by atoms with Gasteiger partial charge in [-0.1, -0.05) is 13.8 Å². The van der Waals surface area contributed by atoms with Gasteiger partial charge in [-0.15, -0.1) is 0 Å². The molecule has 0 saturated heterocycles. The fraction of sp³-hybridized carbons (Fsp3) is 1.00. The molecule has 0 aromatic rings. The molecule has 0 atom stereocenters. The molecule has 0 aliphatic heterocycles. The fourth-order valence-electron chi connectivity index (χ4n) is 2.28. The molecule has 1 rings (SSSR count). The summed E-state index contributed by atoms with van der Waals surface area (Å²) in [6.45, 7) is 11.5. The van der Waals surface area contributed by atoms with E-state index in [4.69, 9.17) is 5.73 Å². The van der Waals surface area contributed by atoms with Gasteiger partial charge in [-0.3, -0.25) is 0 Å². The van der Waals surface area contributed by atoms with Crippen molar-refractivity contribution in [2.24, 2.45) is 11.7 Å². The van der Waals surface area contributed by atoms with Gasteiger partial charge in [-0.2, -0.15) is 0 Å². The average molecular weight is 212 g/mol. The van der Waals surface area contributed by atoms with Crippen LogP contribution in [0.25, 0.3) is 0 Å². The molecule has 0 bridgehead atoms. The van der Waals surface area contributed by atoms with E-state index in [0.717, 1.165) is 5.92 Å². The van der Waals surface area contributed by atoms with Gasteiger partial charge < -0.3 is 10.6 Å². The van der Waals surface area contributed by atoms with Crippen molar-refractivity contribution in [2.75, 3.05) is 13.1 Å². The summed E-state index contributed by atoms with van der Waals surface area (Å²) in [4.78, 5) is 2.57. The smallest absolute Gasteiger partial charge is 0.0166 e. The van der Waals surface area contributed by atoms with Crippen LogP contribution in [0, 0.1) is 5.92 Å². The molecule has 0 spiro atoms. The number of nitrogens with two attached hydrogens (primary N) is 1. The standard InChI is InChI=1S/C13H28N2/c1-11(2)10-15(12(3)4)9-8-13(14)6-5-7-13/h11-12H,5-10,14H2,1-4H3. The van der Waals surface area contributed by atoms with Crippen LogP contribution in [0.2, 0.25) is 0 Å². The van der Waals surface area contributed by atoms with Crippen LogP contribution < -0.4 is 5.73 Å². The molecule has 0 aromatic carbocycles. The first-order chi connectivity index (χ1) is 6.93. The van der Waals surface area contributed by atoms with Gasteiger partial charge in [0.2, 0.25) is 0 Å². The highest BCUT2D eigenvalue weighted by Gasteiger charge is 2.32. The maximum absolute atomic E-state index is 6.26. The molecule has 2 heteroatoms. The fourth-order valence-corrected chi connectivity index (χ4v) is 2.28. The maximum atomic E-state index is 6.26. The molecule has 2 nitrogen and oxygen atoms in total. The highest BCUT2D eigenvalue weighted by Crippen LogP contribution is 2.32. The van der Waals surface area contributed by atoms with Crippen LogP contribution in [-0.4, -0.2) is 29.6 Å².